The van der Waals surface area contributed by atoms with E-state index in [0.717, 1.165) is 61.1 Å². The molecular formula is C20H22ClN5O2. The molecule has 0 radical (unpaired) electrons. The molecule has 2 aromatic heterocycles. The third kappa shape index (κ3) is 3.64. The first-order valence-electron chi connectivity index (χ1n) is 9.81. The van der Waals surface area contributed by atoms with Crippen molar-refractivity contribution in [2.75, 3.05) is 11.9 Å². The summed E-state index contributed by atoms with van der Waals surface area (Å²) in [4.78, 5) is 8.72. The van der Waals surface area contributed by atoms with E-state index in [1.807, 2.05) is 29.1 Å². The zero-order valence-corrected chi connectivity index (χ0v) is 16.2. The Labute approximate surface area is 168 Å². The largest absolute Gasteiger partial charge is 0.490 e. The van der Waals surface area contributed by atoms with Crippen molar-refractivity contribution in [2.45, 2.75) is 50.9 Å². The summed E-state index contributed by atoms with van der Waals surface area (Å²) in [5.41, 5.74) is 1.60. The third-order valence-electron chi connectivity index (χ3n) is 5.31. The maximum absolute atomic E-state index is 6.14. The summed E-state index contributed by atoms with van der Waals surface area (Å²) in [5.74, 6) is 1.47. The Bertz CT molecular complexity index is 982. The lowest BCUT2D eigenvalue weighted by Crippen LogP contribution is -2.24. The van der Waals surface area contributed by atoms with E-state index < -0.39 is 0 Å². The van der Waals surface area contributed by atoms with Crippen molar-refractivity contribution in [1.82, 2.24) is 19.7 Å². The summed E-state index contributed by atoms with van der Waals surface area (Å²) >= 11 is 6.14. The first-order chi connectivity index (χ1) is 13.7. The first kappa shape index (κ1) is 17.7. The molecule has 3 heterocycles. The van der Waals surface area contributed by atoms with Gasteiger partial charge in [-0.25, -0.2) is 9.67 Å². The Hall–Kier alpha value is -2.38. The number of nitrogens with one attached hydrogen (secondary N) is 1. The van der Waals surface area contributed by atoms with Gasteiger partial charge >= 0.3 is 0 Å². The lowest BCUT2D eigenvalue weighted by molar-refractivity contribution is -0.0394. The van der Waals surface area contributed by atoms with Crippen molar-refractivity contribution in [3.8, 4) is 5.75 Å². The van der Waals surface area contributed by atoms with Gasteiger partial charge in [0.2, 0.25) is 5.28 Å². The first-order valence-corrected chi connectivity index (χ1v) is 10.2. The highest BCUT2D eigenvalue weighted by molar-refractivity contribution is 6.28. The molecule has 1 saturated heterocycles. The van der Waals surface area contributed by atoms with Crippen LogP contribution in [0, 0.1) is 0 Å². The van der Waals surface area contributed by atoms with Gasteiger partial charge in [-0.15, -0.1) is 0 Å². The van der Waals surface area contributed by atoms with Crippen LogP contribution in [0.25, 0.3) is 10.9 Å². The van der Waals surface area contributed by atoms with Crippen LogP contribution in [0.4, 0.5) is 11.5 Å². The smallest absolute Gasteiger partial charge is 0.224 e. The average molecular weight is 400 g/mol. The molecule has 1 atom stereocenters. The monoisotopic (exact) mass is 399 g/mol. The number of hydrogen-bond donors (Lipinski definition) is 1. The fourth-order valence-corrected chi connectivity index (χ4v) is 3.73. The lowest BCUT2D eigenvalue weighted by Gasteiger charge is -2.26. The van der Waals surface area contributed by atoms with Crippen molar-refractivity contribution >= 4 is 34.0 Å². The summed E-state index contributed by atoms with van der Waals surface area (Å²) < 4.78 is 13.7. The van der Waals surface area contributed by atoms with Crippen LogP contribution in [0.5, 0.6) is 5.75 Å². The predicted molar refractivity (Wildman–Crippen MR) is 107 cm³/mol. The number of benzene rings is 1. The zero-order valence-electron chi connectivity index (χ0n) is 15.5. The number of nitrogens with zero attached hydrogens (tertiary/aromatic N) is 4. The number of ether oxygens (including phenoxy) is 2. The van der Waals surface area contributed by atoms with Crippen LogP contribution >= 0.6 is 11.6 Å². The third-order valence-corrected chi connectivity index (χ3v) is 5.48. The zero-order chi connectivity index (χ0) is 18.9. The number of aromatic nitrogens is 4. The highest BCUT2D eigenvalue weighted by Gasteiger charge is 2.20. The van der Waals surface area contributed by atoms with Gasteiger partial charge in [-0.3, -0.25) is 0 Å². The van der Waals surface area contributed by atoms with Crippen molar-refractivity contribution in [3.63, 3.8) is 0 Å². The van der Waals surface area contributed by atoms with Gasteiger partial charge in [0, 0.05) is 12.0 Å². The van der Waals surface area contributed by atoms with Crippen molar-refractivity contribution in [1.29, 1.82) is 0 Å². The minimum absolute atomic E-state index is 0.00230. The van der Waals surface area contributed by atoms with E-state index in [9.17, 15) is 0 Å². The Morgan fingerprint density at radius 3 is 2.86 bits per heavy atom. The molecule has 146 valence electrons. The molecule has 2 aliphatic rings. The maximum atomic E-state index is 6.14. The van der Waals surface area contributed by atoms with E-state index in [0.29, 0.717) is 11.9 Å². The summed E-state index contributed by atoms with van der Waals surface area (Å²) in [6.07, 6.45) is 10.7. The van der Waals surface area contributed by atoms with Gasteiger partial charge in [0.05, 0.1) is 29.7 Å². The second kappa shape index (κ2) is 7.56. The van der Waals surface area contributed by atoms with E-state index in [4.69, 9.17) is 21.1 Å². The van der Waals surface area contributed by atoms with Gasteiger partial charge in [0.25, 0.3) is 0 Å². The quantitative estimate of drug-likeness (QED) is 0.618. The van der Waals surface area contributed by atoms with Crippen LogP contribution in [0.1, 0.15) is 44.8 Å². The summed E-state index contributed by atoms with van der Waals surface area (Å²) in [6.45, 7) is 0.781. The van der Waals surface area contributed by atoms with E-state index >= 15 is 0 Å². The minimum Gasteiger partial charge on any atom is -0.490 e. The van der Waals surface area contributed by atoms with E-state index in [1.165, 1.54) is 6.42 Å². The molecule has 5 rings (SSSR count). The molecule has 1 aliphatic carbocycles. The van der Waals surface area contributed by atoms with Crippen LogP contribution < -0.4 is 10.1 Å². The predicted octanol–water partition coefficient (Wildman–Crippen LogP) is 4.85. The standard InChI is InChI=1S/C20H22ClN5O2/c21-20-24-17-8-7-15(28-14-4-3-5-14)10-16(17)19(25-20)23-13-11-22-26(12-13)18-6-1-2-9-27-18/h7-8,10-12,14,18H,1-6,9H2,(H,23,24,25). The van der Waals surface area contributed by atoms with Crippen LogP contribution in [-0.4, -0.2) is 32.5 Å². The Kier molecular flexibility index (Phi) is 4.78. The van der Waals surface area contributed by atoms with Gasteiger partial charge in [0.1, 0.15) is 17.8 Å². The molecule has 2 fully saturated rings. The number of fused-ring (bicyclic) bond motifs is 1. The normalized spacial score (nSPS) is 20.1. The maximum Gasteiger partial charge on any atom is 0.224 e. The molecule has 0 bridgehead atoms. The highest BCUT2D eigenvalue weighted by atomic mass is 35.5. The molecule has 0 spiro atoms. The second-order valence-electron chi connectivity index (χ2n) is 7.35. The molecule has 8 heteroatoms. The van der Waals surface area contributed by atoms with Crippen LogP contribution in [0.3, 0.4) is 0 Å². The summed E-state index contributed by atoms with van der Waals surface area (Å²) in [5, 5.41) is 8.83. The van der Waals surface area contributed by atoms with E-state index in [-0.39, 0.29) is 11.5 Å². The molecule has 1 unspecified atom stereocenters. The Morgan fingerprint density at radius 2 is 2.07 bits per heavy atom. The van der Waals surface area contributed by atoms with E-state index in [2.05, 4.69) is 20.4 Å². The molecule has 1 aliphatic heterocycles. The summed E-state index contributed by atoms with van der Waals surface area (Å²) in [7, 11) is 0. The number of anilines is 2. The van der Waals surface area contributed by atoms with E-state index in [1.54, 1.807) is 6.20 Å². The van der Waals surface area contributed by atoms with Crippen LogP contribution in [0.15, 0.2) is 30.6 Å². The van der Waals surface area contributed by atoms with Gasteiger partial charge in [-0.2, -0.15) is 10.1 Å². The SMILES string of the molecule is Clc1nc(Nc2cnn(C3CCCCO3)c2)c2cc(OC3CCC3)ccc2n1. The molecule has 1 N–H and O–H groups in total. The molecule has 1 aromatic carbocycles. The molecule has 3 aromatic rings. The average Bonchev–Trinajstić information content (AvgIpc) is 3.14. The lowest BCUT2D eigenvalue weighted by atomic mass is 9.96. The Balaban J connectivity index is 1.42. The van der Waals surface area contributed by atoms with Gasteiger partial charge in [0.15, 0.2) is 0 Å². The van der Waals surface area contributed by atoms with Crippen molar-refractivity contribution in [3.05, 3.63) is 35.9 Å². The molecule has 7 nitrogen and oxygen atoms in total. The topological polar surface area (TPSA) is 74.1 Å². The number of halogens is 1. The number of rotatable bonds is 5. The Morgan fingerprint density at radius 1 is 1.14 bits per heavy atom. The molecule has 1 saturated carbocycles. The fraction of sp³-hybridized carbons (Fsp3) is 0.450. The van der Waals surface area contributed by atoms with Crippen molar-refractivity contribution < 1.29 is 9.47 Å². The number of hydrogen-bond acceptors (Lipinski definition) is 6. The highest BCUT2D eigenvalue weighted by Crippen LogP contribution is 2.32. The van der Waals surface area contributed by atoms with Crippen LogP contribution in [0.2, 0.25) is 5.28 Å². The fourth-order valence-electron chi connectivity index (χ4n) is 3.56. The minimum atomic E-state index is -0.00230. The van der Waals surface area contributed by atoms with Crippen molar-refractivity contribution in [2.24, 2.45) is 0 Å². The van der Waals surface area contributed by atoms with Crippen LogP contribution in [-0.2, 0) is 4.74 Å². The van der Waals surface area contributed by atoms with Gasteiger partial charge < -0.3 is 14.8 Å². The second-order valence-corrected chi connectivity index (χ2v) is 7.68. The van der Waals surface area contributed by atoms with Gasteiger partial charge in [-0.05, 0) is 68.3 Å². The van der Waals surface area contributed by atoms with Gasteiger partial charge in [-0.1, -0.05) is 0 Å². The summed E-state index contributed by atoms with van der Waals surface area (Å²) in [6, 6.07) is 5.83. The molecule has 28 heavy (non-hydrogen) atoms. The molecule has 0 amide bonds. The molecular weight excluding hydrogens is 378 g/mol.